The monoisotopic (exact) mass is 314 g/mol. The Hall–Kier alpha value is -0.890. The highest BCUT2D eigenvalue weighted by Gasteiger charge is 2.62. The summed E-state index contributed by atoms with van der Waals surface area (Å²) >= 11 is 0. The quantitative estimate of drug-likeness (QED) is 0.727. The lowest BCUT2D eigenvalue weighted by atomic mass is 9.46. The van der Waals surface area contributed by atoms with Crippen LogP contribution < -0.4 is 0 Å². The van der Waals surface area contributed by atoms with E-state index in [4.69, 9.17) is 0 Å². The first-order chi connectivity index (χ1) is 10.8. The zero-order chi connectivity index (χ0) is 16.5. The minimum absolute atomic E-state index is 0.00200. The molecule has 0 amide bonds. The molecule has 23 heavy (non-hydrogen) atoms. The summed E-state index contributed by atoms with van der Waals surface area (Å²) in [6.07, 6.45) is 12.1. The number of hydrogen-bond acceptors (Lipinski definition) is 2. The minimum atomic E-state index is -0.678. The van der Waals surface area contributed by atoms with Crippen molar-refractivity contribution in [2.24, 2.45) is 28.6 Å². The third-order valence-electron chi connectivity index (χ3n) is 8.51. The molecule has 0 unspecified atom stereocenters. The Bertz CT molecular complexity index is 591. The number of hydrogen-bond donors (Lipinski definition) is 1. The first-order valence-corrected chi connectivity index (χ1v) is 9.44. The number of rotatable bonds is 1. The van der Waals surface area contributed by atoms with Gasteiger partial charge in [-0.3, -0.25) is 4.79 Å². The van der Waals surface area contributed by atoms with Crippen LogP contribution in [0.25, 0.3) is 0 Å². The Morgan fingerprint density at radius 1 is 1.13 bits per heavy atom. The molecular weight excluding hydrogens is 284 g/mol. The highest BCUT2D eigenvalue weighted by atomic mass is 16.3. The summed E-state index contributed by atoms with van der Waals surface area (Å²) < 4.78 is 0. The lowest BCUT2D eigenvalue weighted by Crippen LogP contribution is -2.54. The van der Waals surface area contributed by atoms with Crippen molar-refractivity contribution in [3.63, 3.8) is 0 Å². The second-order valence-electron chi connectivity index (χ2n) is 9.09. The van der Waals surface area contributed by atoms with Gasteiger partial charge in [0.2, 0.25) is 0 Å². The van der Waals surface area contributed by atoms with E-state index in [0.717, 1.165) is 38.5 Å². The molecule has 0 spiro atoms. The van der Waals surface area contributed by atoms with Gasteiger partial charge in [0, 0.05) is 11.8 Å². The van der Waals surface area contributed by atoms with Gasteiger partial charge in [0.15, 0.2) is 5.78 Å². The predicted octanol–water partition coefficient (Wildman–Crippen LogP) is 4.44. The summed E-state index contributed by atoms with van der Waals surface area (Å²) in [5, 5.41) is 11.1. The molecule has 0 bridgehead atoms. The van der Waals surface area contributed by atoms with Crippen LogP contribution in [0, 0.1) is 28.6 Å². The molecule has 0 heterocycles. The van der Waals surface area contributed by atoms with E-state index in [1.54, 1.807) is 0 Å². The largest absolute Gasteiger partial charge is 0.385 e. The van der Waals surface area contributed by atoms with Crippen LogP contribution in [0.1, 0.15) is 65.2 Å². The van der Waals surface area contributed by atoms with Crippen LogP contribution in [0.3, 0.4) is 0 Å². The third kappa shape index (κ3) is 1.88. The van der Waals surface area contributed by atoms with Crippen LogP contribution in [-0.2, 0) is 4.79 Å². The normalized spacial score (nSPS) is 52.2. The molecule has 0 radical (unpaired) electrons. The van der Waals surface area contributed by atoms with Gasteiger partial charge in [-0.2, -0.15) is 0 Å². The van der Waals surface area contributed by atoms with Gasteiger partial charge in [-0.05, 0) is 74.2 Å². The Labute approximate surface area is 140 Å². The van der Waals surface area contributed by atoms with E-state index >= 15 is 0 Å². The third-order valence-corrected chi connectivity index (χ3v) is 8.51. The maximum Gasteiger partial charge on any atom is 0.155 e. The van der Waals surface area contributed by atoms with Gasteiger partial charge < -0.3 is 5.11 Å². The molecule has 126 valence electrons. The summed E-state index contributed by atoms with van der Waals surface area (Å²) in [4.78, 5) is 11.9. The smallest absolute Gasteiger partial charge is 0.155 e. The summed E-state index contributed by atoms with van der Waals surface area (Å²) in [7, 11) is 0. The van der Waals surface area contributed by atoms with Crippen molar-refractivity contribution in [2.75, 3.05) is 0 Å². The molecule has 0 aromatic rings. The molecule has 2 nitrogen and oxygen atoms in total. The van der Waals surface area contributed by atoms with E-state index in [0.29, 0.717) is 23.5 Å². The molecular formula is C21H30O2. The fourth-order valence-electron chi connectivity index (χ4n) is 6.95. The molecule has 0 saturated heterocycles. The predicted molar refractivity (Wildman–Crippen MR) is 91.9 cm³/mol. The summed E-state index contributed by atoms with van der Waals surface area (Å²) in [6, 6.07) is 0. The molecule has 0 aliphatic heterocycles. The highest BCUT2D eigenvalue weighted by molar-refractivity contribution is 5.91. The van der Waals surface area contributed by atoms with Crippen LogP contribution >= 0.6 is 0 Å². The van der Waals surface area contributed by atoms with Gasteiger partial charge in [0.25, 0.3) is 0 Å². The van der Waals surface area contributed by atoms with Crippen LogP contribution in [0.5, 0.6) is 0 Å². The van der Waals surface area contributed by atoms with E-state index in [2.05, 4.69) is 20.4 Å². The molecule has 3 fully saturated rings. The van der Waals surface area contributed by atoms with Crippen molar-refractivity contribution in [2.45, 2.75) is 70.8 Å². The zero-order valence-corrected chi connectivity index (χ0v) is 14.6. The summed E-state index contributed by atoms with van der Waals surface area (Å²) in [5.74, 6) is 2.35. The van der Waals surface area contributed by atoms with Crippen molar-refractivity contribution in [1.29, 1.82) is 0 Å². The minimum Gasteiger partial charge on any atom is -0.385 e. The second kappa shape index (κ2) is 4.81. The number of carbonyl (C=O) groups excluding carboxylic acids is 1. The maximum absolute atomic E-state index is 11.9. The van der Waals surface area contributed by atoms with Crippen molar-refractivity contribution in [1.82, 2.24) is 0 Å². The van der Waals surface area contributed by atoms with Crippen LogP contribution in [0.4, 0.5) is 0 Å². The van der Waals surface area contributed by atoms with Crippen molar-refractivity contribution in [3.8, 4) is 0 Å². The van der Waals surface area contributed by atoms with Gasteiger partial charge in [0.05, 0.1) is 5.60 Å². The molecule has 3 saturated carbocycles. The molecule has 0 aromatic heterocycles. The number of fused-ring (bicyclic) bond motifs is 5. The van der Waals surface area contributed by atoms with E-state index in [1.807, 2.05) is 12.2 Å². The van der Waals surface area contributed by atoms with Crippen molar-refractivity contribution >= 4 is 5.78 Å². The second-order valence-corrected chi connectivity index (χ2v) is 9.09. The van der Waals surface area contributed by atoms with Crippen molar-refractivity contribution < 1.29 is 9.90 Å². The fourth-order valence-corrected chi connectivity index (χ4v) is 6.95. The van der Waals surface area contributed by atoms with Crippen LogP contribution in [-0.4, -0.2) is 16.5 Å². The highest BCUT2D eigenvalue weighted by Crippen LogP contribution is 2.67. The fraction of sp³-hybridized carbons (Fsp3) is 0.762. The Morgan fingerprint density at radius 3 is 2.61 bits per heavy atom. The molecule has 4 rings (SSSR count). The average Bonchev–Trinajstić information content (AvgIpc) is 2.80. The molecule has 4 aliphatic carbocycles. The molecule has 1 N–H and O–H groups in total. The van der Waals surface area contributed by atoms with Gasteiger partial charge in [-0.25, -0.2) is 0 Å². The van der Waals surface area contributed by atoms with Gasteiger partial charge in [-0.15, -0.1) is 6.58 Å². The first kappa shape index (κ1) is 15.6. The number of allylic oxidation sites excluding steroid dienone is 1. The van der Waals surface area contributed by atoms with E-state index in [-0.39, 0.29) is 10.8 Å². The standard InChI is InChI=1S/C21H30O2/c1-4-21(23)12-9-18-16-6-5-14-13-15(22)7-10-19(14,2)17(16)8-11-20(18,21)3/h4,13,16-18,23H,1,5-12H2,2-3H3/t16-,17-,18+,19-,20-,21-/m0/s1. The van der Waals surface area contributed by atoms with Gasteiger partial charge >= 0.3 is 0 Å². The van der Waals surface area contributed by atoms with E-state index in [9.17, 15) is 9.90 Å². The maximum atomic E-state index is 11.9. The molecule has 6 atom stereocenters. The lowest BCUT2D eigenvalue weighted by Gasteiger charge is -2.58. The Morgan fingerprint density at radius 2 is 1.87 bits per heavy atom. The molecule has 4 aliphatic rings. The summed E-state index contributed by atoms with van der Waals surface area (Å²) in [6.45, 7) is 8.67. The lowest BCUT2D eigenvalue weighted by molar-refractivity contribution is -0.120. The van der Waals surface area contributed by atoms with E-state index in [1.165, 1.54) is 18.4 Å². The Kier molecular flexibility index (Phi) is 3.27. The Balaban J connectivity index is 1.70. The van der Waals surface area contributed by atoms with Gasteiger partial charge in [-0.1, -0.05) is 25.5 Å². The average molecular weight is 314 g/mol. The van der Waals surface area contributed by atoms with E-state index < -0.39 is 5.60 Å². The SMILES string of the molecule is C=C[C@]1(O)CC[C@@H]2[C@H]3CCC4=CC(=O)CC[C@]4(C)[C@H]3CC[C@@]21C. The number of aliphatic hydroxyl groups is 1. The molecule has 2 heteroatoms. The van der Waals surface area contributed by atoms with Crippen LogP contribution in [0.15, 0.2) is 24.3 Å². The van der Waals surface area contributed by atoms with Gasteiger partial charge in [0.1, 0.15) is 0 Å². The summed E-state index contributed by atoms with van der Waals surface area (Å²) in [5.41, 5.74) is 0.975. The zero-order valence-electron chi connectivity index (χ0n) is 14.6. The number of carbonyl (C=O) groups is 1. The van der Waals surface area contributed by atoms with Crippen molar-refractivity contribution in [3.05, 3.63) is 24.3 Å². The number of ketones is 1. The topological polar surface area (TPSA) is 37.3 Å². The first-order valence-electron chi connectivity index (χ1n) is 9.44. The molecule has 0 aromatic carbocycles. The van der Waals surface area contributed by atoms with Crippen LogP contribution in [0.2, 0.25) is 0 Å².